The Kier molecular flexibility index (Phi) is 50.1. The van der Waals surface area contributed by atoms with E-state index in [1.807, 2.05) is 0 Å². The maximum Gasteiger partial charge on any atom is 0.306 e. The van der Waals surface area contributed by atoms with Crippen LogP contribution in [0.5, 0.6) is 0 Å². The minimum atomic E-state index is -0.762. The highest BCUT2D eigenvalue weighted by atomic mass is 16.6. The fourth-order valence-corrected chi connectivity index (χ4v) is 8.72. The summed E-state index contributed by atoms with van der Waals surface area (Å²) in [5.74, 6) is 0.00535. The second-order valence-corrected chi connectivity index (χ2v) is 19.8. The molecule has 0 heterocycles. The van der Waals surface area contributed by atoms with Gasteiger partial charge in [-0.25, -0.2) is 0 Å². The third-order valence-corrected chi connectivity index (χ3v) is 13.4. The van der Waals surface area contributed by atoms with E-state index in [9.17, 15) is 14.4 Å². The molecule has 0 aliphatic carbocycles. The maximum absolute atomic E-state index is 12.8. The van der Waals surface area contributed by atoms with Crippen LogP contribution in [0.3, 0.4) is 0 Å². The van der Waals surface area contributed by atoms with Crippen LogP contribution in [0.25, 0.3) is 0 Å². The number of rotatable bonds is 52. The van der Waals surface area contributed by atoms with Crippen molar-refractivity contribution in [1.29, 1.82) is 0 Å². The molecule has 0 aromatic carbocycles. The van der Waals surface area contributed by atoms with Gasteiger partial charge in [-0.2, -0.15) is 0 Å². The summed E-state index contributed by atoms with van der Waals surface area (Å²) >= 11 is 0. The first-order valence-electron chi connectivity index (χ1n) is 28.4. The zero-order valence-corrected chi connectivity index (χ0v) is 43.0. The van der Waals surface area contributed by atoms with Gasteiger partial charge in [-0.05, 0) is 25.2 Å². The van der Waals surface area contributed by atoms with Gasteiger partial charge in [-0.1, -0.05) is 285 Å². The van der Waals surface area contributed by atoms with Crippen LogP contribution in [0.1, 0.15) is 323 Å². The van der Waals surface area contributed by atoms with E-state index in [-0.39, 0.29) is 31.1 Å². The topological polar surface area (TPSA) is 78.9 Å². The summed E-state index contributed by atoms with van der Waals surface area (Å²) in [6.07, 6.45) is 55.2. The number of carbonyl (C=O) groups is 3. The Morgan fingerprint density at radius 1 is 0.317 bits per heavy atom. The van der Waals surface area contributed by atoms with Gasteiger partial charge in [0.15, 0.2) is 6.10 Å². The number of hydrogen-bond acceptors (Lipinski definition) is 6. The van der Waals surface area contributed by atoms with Crippen molar-refractivity contribution in [1.82, 2.24) is 0 Å². The first-order chi connectivity index (χ1) is 30.9. The molecule has 374 valence electrons. The fraction of sp³-hybridized carbons (Fsp3) is 0.947. The molecule has 2 atom stereocenters. The smallest absolute Gasteiger partial charge is 0.306 e. The SMILES string of the molecule is CCCCCCCCCCCCCCCCCCCCC(=O)OC[C@H](COC(=O)CCCCCCCCCCCCCCCCC)OC(=O)CCCCCCCCCCC(C)CC. The van der Waals surface area contributed by atoms with Crippen molar-refractivity contribution in [3.8, 4) is 0 Å². The van der Waals surface area contributed by atoms with Crippen LogP contribution in [-0.4, -0.2) is 37.2 Å². The van der Waals surface area contributed by atoms with Crippen LogP contribution in [0, 0.1) is 5.92 Å². The van der Waals surface area contributed by atoms with E-state index in [1.165, 1.54) is 218 Å². The molecule has 0 saturated heterocycles. The van der Waals surface area contributed by atoms with E-state index in [4.69, 9.17) is 14.2 Å². The highest BCUT2D eigenvalue weighted by molar-refractivity contribution is 5.71. The van der Waals surface area contributed by atoms with Crippen molar-refractivity contribution in [2.45, 2.75) is 329 Å². The zero-order chi connectivity index (χ0) is 45.9. The van der Waals surface area contributed by atoms with Crippen LogP contribution >= 0.6 is 0 Å². The predicted molar refractivity (Wildman–Crippen MR) is 270 cm³/mol. The lowest BCUT2D eigenvalue weighted by molar-refractivity contribution is -0.167. The van der Waals surface area contributed by atoms with Gasteiger partial charge in [-0.15, -0.1) is 0 Å². The summed E-state index contributed by atoms with van der Waals surface area (Å²) in [7, 11) is 0. The number of hydrogen-bond donors (Lipinski definition) is 0. The molecule has 0 spiro atoms. The monoisotopic (exact) mass is 891 g/mol. The minimum absolute atomic E-state index is 0.0626. The summed E-state index contributed by atoms with van der Waals surface area (Å²) in [5.41, 5.74) is 0. The van der Waals surface area contributed by atoms with Crippen molar-refractivity contribution in [3.63, 3.8) is 0 Å². The van der Waals surface area contributed by atoms with Gasteiger partial charge in [0.25, 0.3) is 0 Å². The molecule has 63 heavy (non-hydrogen) atoms. The summed E-state index contributed by atoms with van der Waals surface area (Å²) in [6.45, 7) is 9.05. The molecule has 0 rings (SSSR count). The van der Waals surface area contributed by atoms with E-state index >= 15 is 0 Å². The molecule has 1 unspecified atom stereocenters. The number of ether oxygens (including phenoxy) is 3. The quantitative estimate of drug-likeness (QED) is 0.0344. The highest BCUT2D eigenvalue weighted by Gasteiger charge is 2.19. The molecular weight excluding hydrogens is 781 g/mol. The van der Waals surface area contributed by atoms with E-state index in [0.717, 1.165) is 63.7 Å². The summed E-state index contributed by atoms with van der Waals surface area (Å²) in [6, 6.07) is 0. The second kappa shape index (κ2) is 51.4. The van der Waals surface area contributed by atoms with Gasteiger partial charge < -0.3 is 14.2 Å². The lowest BCUT2D eigenvalue weighted by Crippen LogP contribution is -2.30. The normalized spacial score (nSPS) is 12.4. The Morgan fingerprint density at radius 3 is 0.825 bits per heavy atom. The first kappa shape index (κ1) is 61.4. The van der Waals surface area contributed by atoms with Crippen molar-refractivity contribution in [3.05, 3.63) is 0 Å². The third-order valence-electron chi connectivity index (χ3n) is 13.4. The molecule has 0 aliphatic heterocycles. The maximum atomic E-state index is 12.8. The zero-order valence-electron chi connectivity index (χ0n) is 43.0. The molecule has 6 nitrogen and oxygen atoms in total. The van der Waals surface area contributed by atoms with Crippen LogP contribution < -0.4 is 0 Å². The minimum Gasteiger partial charge on any atom is -0.462 e. The molecule has 0 radical (unpaired) electrons. The summed E-state index contributed by atoms with van der Waals surface area (Å²) in [4.78, 5) is 38.1. The van der Waals surface area contributed by atoms with Gasteiger partial charge in [0, 0.05) is 19.3 Å². The molecule has 0 aliphatic rings. The van der Waals surface area contributed by atoms with E-state index in [2.05, 4.69) is 27.7 Å². The average Bonchev–Trinajstić information content (AvgIpc) is 3.28. The van der Waals surface area contributed by atoms with E-state index in [0.29, 0.717) is 19.3 Å². The largest absolute Gasteiger partial charge is 0.462 e. The van der Waals surface area contributed by atoms with Crippen molar-refractivity contribution >= 4 is 17.9 Å². The lowest BCUT2D eigenvalue weighted by atomic mass is 9.99. The van der Waals surface area contributed by atoms with Crippen molar-refractivity contribution < 1.29 is 28.6 Å². The lowest BCUT2D eigenvalue weighted by Gasteiger charge is -2.18. The van der Waals surface area contributed by atoms with Crippen LogP contribution in [0.15, 0.2) is 0 Å². The number of esters is 3. The average molecular weight is 892 g/mol. The molecule has 6 heteroatoms. The number of carbonyl (C=O) groups excluding carboxylic acids is 3. The highest BCUT2D eigenvalue weighted by Crippen LogP contribution is 2.18. The van der Waals surface area contributed by atoms with E-state index < -0.39 is 6.10 Å². The third kappa shape index (κ3) is 49.7. The van der Waals surface area contributed by atoms with Crippen LogP contribution in [-0.2, 0) is 28.6 Å². The Labute approximate surface area is 393 Å². The molecule has 0 fully saturated rings. The molecular formula is C57H110O6. The Balaban J connectivity index is 4.27. The fourth-order valence-electron chi connectivity index (χ4n) is 8.72. The summed E-state index contributed by atoms with van der Waals surface area (Å²) in [5, 5.41) is 0. The Bertz CT molecular complexity index is 951. The standard InChI is InChI=1S/C57H110O6/c1-5-8-10-12-14-16-18-20-22-23-24-26-28-30-32-37-41-45-49-56(59)62-52-54(63-57(60)50-46-42-38-34-33-35-39-43-47-53(4)7-3)51-61-55(58)48-44-40-36-31-29-27-25-21-19-17-15-13-11-9-6-2/h53-54H,5-52H2,1-4H3/t53?,54-/m0/s1. The summed E-state index contributed by atoms with van der Waals surface area (Å²) < 4.78 is 16.9. The van der Waals surface area contributed by atoms with Crippen LogP contribution in [0.2, 0.25) is 0 Å². The predicted octanol–water partition coefficient (Wildman–Crippen LogP) is 18.6. The second-order valence-electron chi connectivity index (χ2n) is 19.8. The van der Waals surface area contributed by atoms with Gasteiger partial charge in [0.2, 0.25) is 0 Å². The number of unbranched alkanes of at least 4 members (excludes halogenated alkanes) is 38. The van der Waals surface area contributed by atoms with Crippen LogP contribution in [0.4, 0.5) is 0 Å². The van der Waals surface area contributed by atoms with Crippen molar-refractivity contribution in [2.24, 2.45) is 5.92 Å². The van der Waals surface area contributed by atoms with Gasteiger partial charge in [0.05, 0.1) is 0 Å². The van der Waals surface area contributed by atoms with Gasteiger partial charge in [0.1, 0.15) is 13.2 Å². The molecule has 0 aromatic rings. The molecule has 0 bridgehead atoms. The van der Waals surface area contributed by atoms with Gasteiger partial charge >= 0.3 is 17.9 Å². The Morgan fingerprint density at radius 2 is 0.556 bits per heavy atom. The molecule has 0 saturated carbocycles. The van der Waals surface area contributed by atoms with E-state index in [1.54, 1.807) is 0 Å². The van der Waals surface area contributed by atoms with Crippen molar-refractivity contribution in [2.75, 3.05) is 13.2 Å². The first-order valence-corrected chi connectivity index (χ1v) is 28.4. The molecule has 0 N–H and O–H groups in total. The Hall–Kier alpha value is -1.59. The molecule has 0 aromatic heterocycles. The van der Waals surface area contributed by atoms with Gasteiger partial charge in [-0.3, -0.25) is 14.4 Å². The molecule has 0 amide bonds.